The zero-order valence-corrected chi connectivity index (χ0v) is 42.0. The number of unbranched alkanes of at least 4 members (excludes halogenated alkanes) is 21. The van der Waals surface area contributed by atoms with Crippen molar-refractivity contribution in [2.75, 3.05) is 13.2 Å². The lowest BCUT2D eigenvalue weighted by molar-refractivity contribution is -0.167. The molecule has 0 N–H and O–H groups in total. The van der Waals surface area contributed by atoms with Crippen molar-refractivity contribution < 1.29 is 28.6 Å². The lowest BCUT2D eigenvalue weighted by Gasteiger charge is -2.18. The molecule has 0 amide bonds. The fraction of sp³-hybridized carbons (Fsp3) is 0.644. The minimum absolute atomic E-state index is 0.113. The highest BCUT2D eigenvalue weighted by Crippen LogP contribution is 2.15. The van der Waals surface area contributed by atoms with Crippen LogP contribution in [0.15, 0.2) is 109 Å². The number of carbonyl (C=O) groups is 3. The van der Waals surface area contributed by atoms with E-state index in [1.54, 1.807) is 0 Å². The molecule has 0 aromatic heterocycles. The summed E-state index contributed by atoms with van der Waals surface area (Å²) in [6, 6.07) is 0. The van der Waals surface area contributed by atoms with Crippen molar-refractivity contribution in [2.24, 2.45) is 0 Å². The molecule has 1 unspecified atom stereocenters. The highest BCUT2D eigenvalue weighted by molar-refractivity contribution is 5.71. The van der Waals surface area contributed by atoms with Gasteiger partial charge in [0.15, 0.2) is 6.10 Å². The van der Waals surface area contributed by atoms with Crippen molar-refractivity contribution in [3.05, 3.63) is 109 Å². The Kier molecular flexibility index (Phi) is 49.5. The van der Waals surface area contributed by atoms with Gasteiger partial charge in [0.1, 0.15) is 13.2 Å². The fourth-order valence-electron chi connectivity index (χ4n) is 6.93. The molecule has 6 nitrogen and oxygen atoms in total. The molecule has 0 saturated carbocycles. The van der Waals surface area contributed by atoms with Gasteiger partial charge in [0.25, 0.3) is 0 Å². The summed E-state index contributed by atoms with van der Waals surface area (Å²) in [5.41, 5.74) is 0. The van der Waals surface area contributed by atoms with Crippen LogP contribution in [0.2, 0.25) is 0 Å². The first-order valence-corrected chi connectivity index (χ1v) is 26.5. The molecule has 0 heterocycles. The van der Waals surface area contributed by atoms with Crippen LogP contribution in [0.1, 0.15) is 226 Å². The first-order chi connectivity index (χ1) is 32.0. The van der Waals surface area contributed by atoms with E-state index in [-0.39, 0.29) is 44.0 Å². The summed E-state index contributed by atoms with van der Waals surface area (Å²) in [6.07, 6.45) is 70.7. The topological polar surface area (TPSA) is 78.9 Å². The van der Waals surface area contributed by atoms with Crippen molar-refractivity contribution >= 4 is 17.9 Å². The predicted molar refractivity (Wildman–Crippen MR) is 279 cm³/mol. The highest BCUT2D eigenvalue weighted by Gasteiger charge is 2.19. The third-order valence-electron chi connectivity index (χ3n) is 10.9. The van der Waals surface area contributed by atoms with Gasteiger partial charge in [-0.15, -0.1) is 0 Å². The van der Waals surface area contributed by atoms with Crippen LogP contribution < -0.4 is 0 Å². The van der Waals surface area contributed by atoms with E-state index >= 15 is 0 Å². The molecule has 1 atom stereocenters. The number of carbonyl (C=O) groups excluding carboxylic acids is 3. The second-order valence-electron chi connectivity index (χ2n) is 17.2. The van der Waals surface area contributed by atoms with Crippen LogP contribution in [0.25, 0.3) is 0 Å². The van der Waals surface area contributed by atoms with Gasteiger partial charge in [0.05, 0.1) is 0 Å². The summed E-state index contributed by atoms with van der Waals surface area (Å²) in [5, 5.41) is 0. The van der Waals surface area contributed by atoms with Crippen LogP contribution in [0.5, 0.6) is 0 Å². The van der Waals surface area contributed by atoms with Crippen molar-refractivity contribution in [1.82, 2.24) is 0 Å². The molecule has 0 radical (unpaired) electrons. The van der Waals surface area contributed by atoms with E-state index in [1.807, 2.05) is 48.6 Å². The second kappa shape index (κ2) is 52.7. The minimum Gasteiger partial charge on any atom is -0.462 e. The molecule has 0 saturated heterocycles. The van der Waals surface area contributed by atoms with Crippen LogP contribution in [0.3, 0.4) is 0 Å². The van der Waals surface area contributed by atoms with Crippen LogP contribution >= 0.6 is 0 Å². The maximum Gasteiger partial charge on any atom is 0.306 e. The maximum absolute atomic E-state index is 12.8. The first-order valence-electron chi connectivity index (χ1n) is 26.5. The Balaban J connectivity index is 4.55. The maximum atomic E-state index is 12.8. The third kappa shape index (κ3) is 50.9. The molecule has 368 valence electrons. The van der Waals surface area contributed by atoms with Gasteiger partial charge in [0.2, 0.25) is 0 Å². The van der Waals surface area contributed by atoms with Gasteiger partial charge >= 0.3 is 17.9 Å². The SMILES string of the molecule is CC\C=C/C=C\C=C/C=C\C=C/CCCCCC(=O)OC(COC(=O)CCC/C=C\C/C=C\C/C=C\C/C=C\CCCCC)COC(=O)CCCCCCCCCCCCCCCCC. The van der Waals surface area contributed by atoms with Gasteiger partial charge in [-0.05, 0) is 77.0 Å². The van der Waals surface area contributed by atoms with Gasteiger partial charge in [-0.1, -0.05) is 239 Å². The summed E-state index contributed by atoms with van der Waals surface area (Å²) >= 11 is 0. The van der Waals surface area contributed by atoms with Crippen molar-refractivity contribution in [2.45, 2.75) is 232 Å². The average Bonchev–Trinajstić information content (AvgIpc) is 3.30. The van der Waals surface area contributed by atoms with Gasteiger partial charge in [-0.3, -0.25) is 14.4 Å². The Morgan fingerprint density at radius 3 is 1.17 bits per heavy atom. The van der Waals surface area contributed by atoms with E-state index in [2.05, 4.69) is 81.5 Å². The summed E-state index contributed by atoms with van der Waals surface area (Å²) in [7, 11) is 0. The van der Waals surface area contributed by atoms with Gasteiger partial charge in [-0.2, -0.15) is 0 Å². The molecular formula is C59H96O6. The molecule has 0 fully saturated rings. The Labute approximate surface area is 400 Å². The van der Waals surface area contributed by atoms with E-state index in [9.17, 15) is 14.4 Å². The number of rotatable bonds is 46. The average molecular weight is 901 g/mol. The Bertz CT molecular complexity index is 1360. The molecular weight excluding hydrogens is 805 g/mol. The van der Waals surface area contributed by atoms with Crippen LogP contribution in [0, 0.1) is 0 Å². The van der Waals surface area contributed by atoms with Crippen LogP contribution in [-0.2, 0) is 28.6 Å². The molecule has 0 aliphatic carbocycles. The van der Waals surface area contributed by atoms with Crippen molar-refractivity contribution in [3.8, 4) is 0 Å². The lowest BCUT2D eigenvalue weighted by Crippen LogP contribution is -2.30. The number of hydrogen-bond donors (Lipinski definition) is 0. The summed E-state index contributed by atoms with van der Waals surface area (Å²) in [4.78, 5) is 38.0. The van der Waals surface area contributed by atoms with Gasteiger partial charge in [-0.25, -0.2) is 0 Å². The molecule has 0 aliphatic heterocycles. The molecule has 6 heteroatoms. The monoisotopic (exact) mass is 901 g/mol. The molecule has 65 heavy (non-hydrogen) atoms. The van der Waals surface area contributed by atoms with E-state index in [0.717, 1.165) is 70.6 Å². The summed E-state index contributed by atoms with van der Waals surface area (Å²) in [5.74, 6) is -1.02. The molecule has 0 aromatic carbocycles. The van der Waals surface area contributed by atoms with Gasteiger partial charge < -0.3 is 14.2 Å². The summed E-state index contributed by atoms with van der Waals surface area (Å²) < 4.78 is 16.7. The Morgan fingerprint density at radius 1 is 0.338 bits per heavy atom. The molecule has 0 rings (SSSR count). The number of ether oxygens (including phenoxy) is 3. The van der Waals surface area contributed by atoms with E-state index in [0.29, 0.717) is 19.3 Å². The second-order valence-corrected chi connectivity index (χ2v) is 17.2. The quantitative estimate of drug-likeness (QED) is 0.0199. The normalized spacial score (nSPS) is 13.0. The van der Waals surface area contributed by atoms with E-state index < -0.39 is 6.10 Å². The van der Waals surface area contributed by atoms with E-state index in [1.165, 1.54) is 103 Å². The van der Waals surface area contributed by atoms with E-state index in [4.69, 9.17) is 14.2 Å². The smallest absolute Gasteiger partial charge is 0.306 e. The first kappa shape index (κ1) is 61.1. The minimum atomic E-state index is -0.822. The van der Waals surface area contributed by atoms with Crippen LogP contribution in [-0.4, -0.2) is 37.2 Å². The third-order valence-corrected chi connectivity index (χ3v) is 10.9. The van der Waals surface area contributed by atoms with Crippen molar-refractivity contribution in [3.63, 3.8) is 0 Å². The lowest BCUT2D eigenvalue weighted by atomic mass is 10.0. The molecule has 0 spiro atoms. The molecule has 0 aromatic rings. The van der Waals surface area contributed by atoms with Crippen LogP contribution in [0.4, 0.5) is 0 Å². The standard InChI is InChI=1S/C59H96O6/c1-4-7-10-13-16-19-22-25-28-29-32-34-37-40-43-46-49-52-58(61)64-55-56(65-59(62)53-50-47-44-41-38-35-31-27-24-21-18-15-12-9-6-3)54-63-57(60)51-48-45-42-39-36-33-30-26-23-20-17-14-11-8-5-2/h9,12,15-16,18-19,21,24-25,27-28,31-32,34-35,38,40,43,56H,4-8,10-11,13-14,17,20,22-23,26,29-30,33,36-37,39,41-42,44-55H2,1-3H3/b12-9-,18-15-,19-16-,24-21-,28-25-,31-27-,34-32-,38-35-,43-40-. The van der Waals surface area contributed by atoms with Gasteiger partial charge in [0, 0.05) is 19.3 Å². The predicted octanol–water partition coefficient (Wildman–Crippen LogP) is 17.5. The molecule has 0 aliphatic rings. The number of hydrogen-bond acceptors (Lipinski definition) is 6. The van der Waals surface area contributed by atoms with Crippen molar-refractivity contribution in [1.29, 1.82) is 0 Å². The number of esters is 3. The Morgan fingerprint density at radius 2 is 0.677 bits per heavy atom. The highest BCUT2D eigenvalue weighted by atomic mass is 16.6. The fourth-order valence-corrected chi connectivity index (χ4v) is 6.93. The summed E-state index contributed by atoms with van der Waals surface area (Å²) in [6.45, 7) is 6.38. The largest absolute Gasteiger partial charge is 0.462 e. The molecule has 0 bridgehead atoms. The Hall–Kier alpha value is -3.93. The zero-order chi connectivity index (χ0) is 47.2. The zero-order valence-electron chi connectivity index (χ0n) is 42.0. The number of allylic oxidation sites excluding steroid dienone is 18.